The molecule has 0 aromatic carbocycles. The van der Waals surface area contributed by atoms with Crippen molar-refractivity contribution in [2.45, 2.75) is 83.5 Å². The largest absolute Gasteiger partial charge is 0.480 e. The van der Waals surface area contributed by atoms with Crippen LogP contribution in [0, 0.1) is 29.1 Å². The molecule has 5 aliphatic rings. The summed E-state index contributed by atoms with van der Waals surface area (Å²) in [5.41, 5.74) is -1.37. The summed E-state index contributed by atoms with van der Waals surface area (Å²) < 4.78 is 12.0. The number of rotatable bonds is 5. The van der Waals surface area contributed by atoms with Gasteiger partial charge < -0.3 is 14.6 Å². The summed E-state index contributed by atoms with van der Waals surface area (Å²) in [6.07, 6.45) is 8.75. The van der Waals surface area contributed by atoms with Gasteiger partial charge in [0.25, 0.3) is 0 Å². The molecular formula is C20H30O5. The number of ether oxygens (including phenoxy) is 2. The van der Waals surface area contributed by atoms with Gasteiger partial charge in [0.1, 0.15) is 0 Å². The first-order chi connectivity index (χ1) is 11.8. The van der Waals surface area contributed by atoms with Crippen molar-refractivity contribution in [2.24, 2.45) is 29.1 Å². The summed E-state index contributed by atoms with van der Waals surface area (Å²) >= 11 is 0. The fraction of sp³-hybridized carbons (Fsp3) is 0.900. The maximum atomic E-state index is 12.7. The second kappa shape index (κ2) is 5.97. The highest BCUT2D eigenvalue weighted by Gasteiger charge is 2.53. The van der Waals surface area contributed by atoms with E-state index < -0.39 is 23.1 Å². The molecule has 0 aromatic rings. The maximum Gasteiger partial charge on any atom is 0.325 e. The molecule has 5 aliphatic carbocycles. The lowest BCUT2D eigenvalue weighted by Gasteiger charge is -2.55. The molecule has 1 N–H and O–H groups in total. The number of hydrogen-bond donors (Lipinski definition) is 1. The predicted octanol–water partition coefficient (Wildman–Crippen LogP) is 3.75. The molecule has 4 bridgehead atoms. The Balaban J connectivity index is 1.43. The van der Waals surface area contributed by atoms with E-state index in [4.69, 9.17) is 9.47 Å². The molecule has 0 aromatic heterocycles. The van der Waals surface area contributed by atoms with Crippen LogP contribution < -0.4 is 0 Å². The highest BCUT2D eigenvalue weighted by atomic mass is 16.7. The minimum Gasteiger partial charge on any atom is -0.480 e. The van der Waals surface area contributed by atoms with Crippen molar-refractivity contribution in [3.63, 3.8) is 0 Å². The summed E-state index contributed by atoms with van der Waals surface area (Å²) in [5, 5.41) is 9.58. The first kappa shape index (κ1) is 17.3. The lowest BCUT2D eigenvalue weighted by Crippen LogP contribution is -2.53. The van der Waals surface area contributed by atoms with Gasteiger partial charge in [0, 0.05) is 13.8 Å². The minimum absolute atomic E-state index is 0.153. The second-order valence-corrected chi connectivity index (χ2v) is 9.40. The Morgan fingerprint density at radius 1 is 0.960 bits per heavy atom. The monoisotopic (exact) mass is 350 g/mol. The number of aliphatic carboxylic acids is 1. The SMILES string of the molecule is CC(C)(OC(=O)C1(C(=O)O)CCCC1)OC1C2CC3CC(C2)CC1C3. The van der Waals surface area contributed by atoms with Crippen LogP contribution in [0.2, 0.25) is 0 Å². The number of carbonyl (C=O) groups is 2. The average molecular weight is 350 g/mol. The van der Waals surface area contributed by atoms with E-state index in [0.29, 0.717) is 24.7 Å². The molecule has 25 heavy (non-hydrogen) atoms. The topological polar surface area (TPSA) is 72.8 Å². The zero-order valence-electron chi connectivity index (χ0n) is 15.3. The van der Waals surface area contributed by atoms with E-state index in [-0.39, 0.29) is 6.10 Å². The summed E-state index contributed by atoms with van der Waals surface area (Å²) in [6, 6.07) is 0. The number of esters is 1. The lowest BCUT2D eigenvalue weighted by molar-refractivity contribution is -0.271. The Bertz CT molecular complexity index is 532. The normalized spacial score (nSPS) is 38.7. The van der Waals surface area contributed by atoms with Crippen LogP contribution in [-0.2, 0) is 19.1 Å². The van der Waals surface area contributed by atoms with E-state index in [0.717, 1.165) is 24.7 Å². The van der Waals surface area contributed by atoms with Gasteiger partial charge in [-0.3, -0.25) is 9.59 Å². The fourth-order valence-corrected chi connectivity index (χ4v) is 6.22. The Morgan fingerprint density at radius 3 is 1.96 bits per heavy atom. The van der Waals surface area contributed by atoms with Crippen LogP contribution in [0.4, 0.5) is 0 Å². The Hall–Kier alpha value is -1.10. The molecule has 0 amide bonds. The van der Waals surface area contributed by atoms with E-state index >= 15 is 0 Å². The van der Waals surface area contributed by atoms with Crippen molar-refractivity contribution in [2.75, 3.05) is 0 Å². The van der Waals surface area contributed by atoms with Crippen LogP contribution in [0.5, 0.6) is 0 Å². The number of carboxylic acids is 1. The van der Waals surface area contributed by atoms with E-state index in [1.807, 2.05) is 0 Å². The molecule has 140 valence electrons. The summed E-state index contributed by atoms with van der Waals surface area (Å²) in [7, 11) is 0. The molecule has 0 radical (unpaired) electrons. The van der Waals surface area contributed by atoms with E-state index in [1.165, 1.54) is 32.1 Å². The van der Waals surface area contributed by atoms with Gasteiger partial charge in [-0.15, -0.1) is 0 Å². The molecule has 5 rings (SSSR count). The van der Waals surface area contributed by atoms with Crippen molar-refractivity contribution >= 4 is 11.9 Å². The zero-order valence-corrected chi connectivity index (χ0v) is 15.3. The van der Waals surface area contributed by atoms with Gasteiger partial charge in [-0.05, 0) is 68.6 Å². The van der Waals surface area contributed by atoms with Crippen LogP contribution in [0.3, 0.4) is 0 Å². The number of carboxylic acid groups (broad SMARTS) is 1. The summed E-state index contributed by atoms with van der Waals surface area (Å²) in [5.74, 6) is 0.140. The van der Waals surface area contributed by atoms with Crippen LogP contribution in [0.25, 0.3) is 0 Å². The van der Waals surface area contributed by atoms with Crippen molar-refractivity contribution < 1.29 is 24.2 Å². The predicted molar refractivity (Wildman–Crippen MR) is 90.6 cm³/mol. The molecular weight excluding hydrogens is 320 g/mol. The molecule has 0 aliphatic heterocycles. The fourth-order valence-electron chi connectivity index (χ4n) is 6.22. The van der Waals surface area contributed by atoms with Gasteiger partial charge in [0.15, 0.2) is 5.41 Å². The van der Waals surface area contributed by atoms with Gasteiger partial charge in [0.05, 0.1) is 6.10 Å². The number of carbonyl (C=O) groups excluding carboxylic acids is 1. The molecule has 0 spiro atoms. The van der Waals surface area contributed by atoms with Crippen LogP contribution in [-0.4, -0.2) is 28.9 Å². The van der Waals surface area contributed by atoms with Gasteiger partial charge in [0.2, 0.25) is 5.79 Å². The molecule has 5 fully saturated rings. The molecule has 0 saturated heterocycles. The van der Waals surface area contributed by atoms with Crippen LogP contribution in [0.15, 0.2) is 0 Å². The second-order valence-electron chi connectivity index (χ2n) is 9.40. The molecule has 0 unspecified atom stereocenters. The molecule has 5 heteroatoms. The van der Waals surface area contributed by atoms with Gasteiger partial charge in [-0.2, -0.15) is 0 Å². The Kier molecular flexibility index (Phi) is 4.13. The van der Waals surface area contributed by atoms with E-state index in [2.05, 4.69) is 0 Å². The highest BCUT2D eigenvalue weighted by Crippen LogP contribution is 2.55. The number of hydrogen-bond acceptors (Lipinski definition) is 4. The molecule has 0 atom stereocenters. The standard InChI is InChI=1S/C20H30O5/c1-19(2,25-18(23)20(17(21)22)5-3-4-6-20)24-16-14-8-12-7-13(10-14)11-15(16)9-12/h12-16H,3-11H2,1-2H3,(H,21,22). The highest BCUT2D eigenvalue weighted by molar-refractivity contribution is 5.99. The van der Waals surface area contributed by atoms with Gasteiger partial charge >= 0.3 is 11.9 Å². The van der Waals surface area contributed by atoms with E-state index in [9.17, 15) is 14.7 Å². The average Bonchev–Trinajstić information content (AvgIpc) is 3.01. The summed E-state index contributed by atoms with van der Waals surface area (Å²) in [4.78, 5) is 24.4. The quantitative estimate of drug-likeness (QED) is 0.464. The first-order valence-electron chi connectivity index (χ1n) is 9.94. The Morgan fingerprint density at radius 2 is 1.48 bits per heavy atom. The van der Waals surface area contributed by atoms with Crippen molar-refractivity contribution in [3.8, 4) is 0 Å². The molecule has 0 heterocycles. The Labute approximate surface area is 149 Å². The van der Waals surface area contributed by atoms with Crippen molar-refractivity contribution in [3.05, 3.63) is 0 Å². The summed E-state index contributed by atoms with van der Waals surface area (Å²) in [6.45, 7) is 3.53. The maximum absolute atomic E-state index is 12.7. The third-order valence-electron chi connectivity index (χ3n) is 7.16. The minimum atomic E-state index is -1.37. The smallest absolute Gasteiger partial charge is 0.325 e. The van der Waals surface area contributed by atoms with E-state index in [1.54, 1.807) is 13.8 Å². The lowest BCUT2D eigenvalue weighted by atomic mass is 9.55. The van der Waals surface area contributed by atoms with Gasteiger partial charge in [-0.25, -0.2) is 0 Å². The van der Waals surface area contributed by atoms with Crippen LogP contribution >= 0.6 is 0 Å². The third-order valence-corrected chi connectivity index (χ3v) is 7.16. The third kappa shape index (κ3) is 2.98. The molecule has 5 saturated carbocycles. The first-order valence-corrected chi connectivity index (χ1v) is 9.94. The van der Waals surface area contributed by atoms with Crippen molar-refractivity contribution in [1.82, 2.24) is 0 Å². The van der Waals surface area contributed by atoms with Crippen molar-refractivity contribution in [1.29, 1.82) is 0 Å². The van der Waals surface area contributed by atoms with Gasteiger partial charge in [-0.1, -0.05) is 12.8 Å². The molecule has 5 nitrogen and oxygen atoms in total. The zero-order chi connectivity index (χ0) is 17.8. The van der Waals surface area contributed by atoms with Crippen LogP contribution in [0.1, 0.15) is 71.6 Å².